The monoisotopic (exact) mass is 342 g/mol. The number of hydrogen-bond donors (Lipinski definition) is 2. The van der Waals surface area contributed by atoms with Crippen LogP contribution in [-0.4, -0.2) is 31.8 Å². The molecule has 1 fully saturated rings. The Bertz CT molecular complexity index is 487. The number of hydrogen-bond acceptors (Lipinski definition) is 4. The lowest BCUT2D eigenvalue weighted by atomic mass is 9.79. The van der Waals surface area contributed by atoms with Crippen molar-refractivity contribution in [2.24, 2.45) is 11.1 Å². The second-order valence-electron chi connectivity index (χ2n) is 5.91. The van der Waals surface area contributed by atoms with E-state index in [-0.39, 0.29) is 24.4 Å². The number of nitrogens with one attached hydrogen (secondary N) is 1. The number of anilines is 1. The third kappa shape index (κ3) is 5.09. The molecule has 0 saturated carbocycles. The lowest BCUT2D eigenvalue weighted by Gasteiger charge is -2.34. The van der Waals surface area contributed by atoms with Crippen LogP contribution in [0.5, 0.6) is 5.75 Å². The van der Waals surface area contributed by atoms with E-state index >= 15 is 0 Å². The standard InChI is InChI=1S/C17H26N2O3.ClH/c1-3-13(2)22-15-6-4-14(5-7-15)19-16(20)17(12-18)8-10-21-11-9-17;/h4-7,13H,3,8-12,18H2,1-2H3,(H,19,20);1H. The minimum atomic E-state index is -0.510. The summed E-state index contributed by atoms with van der Waals surface area (Å²) in [5.41, 5.74) is 6.11. The van der Waals surface area contributed by atoms with E-state index < -0.39 is 5.41 Å². The summed E-state index contributed by atoms with van der Waals surface area (Å²) in [5, 5.41) is 2.97. The minimum Gasteiger partial charge on any atom is -0.491 e. The molecule has 1 amide bonds. The van der Waals surface area contributed by atoms with Crippen molar-refractivity contribution >= 4 is 24.0 Å². The van der Waals surface area contributed by atoms with E-state index in [0.717, 1.165) is 17.9 Å². The average molecular weight is 343 g/mol. The zero-order valence-corrected chi connectivity index (χ0v) is 14.7. The second-order valence-corrected chi connectivity index (χ2v) is 5.91. The Kier molecular flexibility index (Phi) is 7.82. The Morgan fingerprint density at radius 1 is 1.35 bits per heavy atom. The first kappa shape index (κ1) is 19.7. The van der Waals surface area contributed by atoms with Crippen LogP contribution < -0.4 is 15.8 Å². The van der Waals surface area contributed by atoms with Crippen LogP contribution in [0.4, 0.5) is 5.69 Å². The molecule has 23 heavy (non-hydrogen) atoms. The maximum Gasteiger partial charge on any atom is 0.232 e. The summed E-state index contributed by atoms with van der Waals surface area (Å²) >= 11 is 0. The highest BCUT2D eigenvalue weighted by atomic mass is 35.5. The van der Waals surface area contributed by atoms with Gasteiger partial charge in [-0.15, -0.1) is 12.4 Å². The van der Waals surface area contributed by atoms with Crippen molar-refractivity contribution < 1.29 is 14.3 Å². The molecule has 1 aliphatic heterocycles. The first-order chi connectivity index (χ1) is 10.6. The molecule has 2 rings (SSSR count). The number of nitrogens with two attached hydrogens (primary N) is 1. The van der Waals surface area contributed by atoms with E-state index in [2.05, 4.69) is 12.2 Å². The van der Waals surface area contributed by atoms with Gasteiger partial charge in [0, 0.05) is 25.4 Å². The fourth-order valence-electron chi connectivity index (χ4n) is 2.48. The zero-order chi connectivity index (χ0) is 16.0. The van der Waals surface area contributed by atoms with E-state index in [0.29, 0.717) is 32.6 Å². The summed E-state index contributed by atoms with van der Waals surface area (Å²) in [6.07, 6.45) is 2.48. The van der Waals surface area contributed by atoms with Crippen molar-refractivity contribution in [3.05, 3.63) is 24.3 Å². The molecule has 1 aromatic rings. The van der Waals surface area contributed by atoms with Gasteiger partial charge >= 0.3 is 0 Å². The molecule has 1 heterocycles. The maximum atomic E-state index is 12.6. The summed E-state index contributed by atoms with van der Waals surface area (Å²) in [6.45, 7) is 5.64. The van der Waals surface area contributed by atoms with Crippen LogP contribution in [0.25, 0.3) is 0 Å². The molecule has 0 aliphatic carbocycles. The van der Waals surface area contributed by atoms with Gasteiger partial charge in [-0.3, -0.25) is 4.79 Å². The van der Waals surface area contributed by atoms with E-state index in [1.165, 1.54) is 0 Å². The first-order valence-electron chi connectivity index (χ1n) is 7.95. The fourth-order valence-corrected chi connectivity index (χ4v) is 2.48. The smallest absolute Gasteiger partial charge is 0.232 e. The summed E-state index contributed by atoms with van der Waals surface area (Å²) < 4.78 is 11.1. The van der Waals surface area contributed by atoms with Crippen LogP contribution in [-0.2, 0) is 9.53 Å². The number of amides is 1. The van der Waals surface area contributed by atoms with Crippen molar-refractivity contribution in [3.63, 3.8) is 0 Å². The summed E-state index contributed by atoms with van der Waals surface area (Å²) in [6, 6.07) is 7.47. The van der Waals surface area contributed by atoms with Crippen molar-refractivity contribution in [1.29, 1.82) is 0 Å². The Balaban J connectivity index is 0.00000264. The zero-order valence-electron chi connectivity index (χ0n) is 13.8. The van der Waals surface area contributed by atoms with Gasteiger partial charge < -0.3 is 20.5 Å². The molecule has 0 radical (unpaired) electrons. The van der Waals surface area contributed by atoms with Gasteiger partial charge in [0.1, 0.15) is 5.75 Å². The molecular weight excluding hydrogens is 316 g/mol. The number of ether oxygens (including phenoxy) is 2. The molecule has 5 nitrogen and oxygen atoms in total. The van der Waals surface area contributed by atoms with E-state index in [4.69, 9.17) is 15.2 Å². The number of benzene rings is 1. The number of carbonyl (C=O) groups is 1. The molecule has 1 atom stereocenters. The van der Waals surface area contributed by atoms with E-state index in [9.17, 15) is 4.79 Å². The van der Waals surface area contributed by atoms with Gasteiger partial charge in [-0.2, -0.15) is 0 Å². The highest BCUT2D eigenvalue weighted by Gasteiger charge is 2.38. The van der Waals surface area contributed by atoms with Crippen LogP contribution in [0.1, 0.15) is 33.1 Å². The first-order valence-corrected chi connectivity index (χ1v) is 7.95. The quantitative estimate of drug-likeness (QED) is 0.833. The molecule has 1 aliphatic rings. The van der Waals surface area contributed by atoms with Gasteiger partial charge in [0.05, 0.1) is 11.5 Å². The van der Waals surface area contributed by atoms with Gasteiger partial charge in [0.15, 0.2) is 0 Å². The van der Waals surface area contributed by atoms with Crippen molar-refractivity contribution in [1.82, 2.24) is 0 Å². The normalized spacial score (nSPS) is 17.7. The molecule has 0 spiro atoms. The predicted octanol–water partition coefficient (Wildman–Crippen LogP) is 2.98. The Hall–Kier alpha value is -1.30. The molecule has 1 aromatic carbocycles. The number of halogens is 1. The highest BCUT2D eigenvalue weighted by Crippen LogP contribution is 2.31. The van der Waals surface area contributed by atoms with E-state index in [1.54, 1.807) is 0 Å². The lowest BCUT2D eigenvalue weighted by molar-refractivity contribution is -0.130. The molecule has 3 N–H and O–H groups in total. The summed E-state index contributed by atoms with van der Waals surface area (Å²) in [4.78, 5) is 12.6. The van der Waals surface area contributed by atoms with Gasteiger partial charge in [-0.25, -0.2) is 0 Å². The molecule has 1 unspecified atom stereocenters. The SMILES string of the molecule is CCC(C)Oc1ccc(NC(=O)C2(CN)CCOCC2)cc1.Cl. The Morgan fingerprint density at radius 3 is 2.48 bits per heavy atom. The van der Waals surface area contributed by atoms with E-state index in [1.807, 2.05) is 31.2 Å². The van der Waals surface area contributed by atoms with Gasteiger partial charge in [0.2, 0.25) is 5.91 Å². The van der Waals surface area contributed by atoms with Crippen LogP contribution in [0, 0.1) is 5.41 Å². The molecule has 0 aromatic heterocycles. The Labute approximate surface area is 144 Å². The predicted molar refractivity (Wildman–Crippen MR) is 94.2 cm³/mol. The molecule has 130 valence electrons. The number of rotatable bonds is 6. The van der Waals surface area contributed by atoms with Gasteiger partial charge in [-0.05, 0) is 50.5 Å². The average Bonchev–Trinajstić information content (AvgIpc) is 2.57. The van der Waals surface area contributed by atoms with Crippen LogP contribution >= 0.6 is 12.4 Å². The second kappa shape index (κ2) is 9.11. The third-order valence-corrected chi connectivity index (χ3v) is 4.35. The minimum absolute atomic E-state index is 0. The third-order valence-electron chi connectivity index (χ3n) is 4.35. The molecule has 1 saturated heterocycles. The fraction of sp³-hybridized carbons (Fsp3) is 0.588. The molecule has 0 bridgehead atoms. The van der Waals surface area contributed by atoms with Gasteiger partial charge in [-0.1, -0.05) is 6.92 Å². The maximum absolute atomic E-state index is 12.6. The van der Waals surface area contributed by atoms with Gasteiger partial charge in [0.25, 0.3) is 0 Å². The van der Waals surface area contributed by atoms with Crippen LogP contribution in [0.15, 0.2) is 24.3 Å². The molecular formula is C17H27ClN2O3. The highest BCUT2D eigenvalue weighted by molar-refractivity contribution is 5.95. The lowest BCUT2D eigenvalue weighted by Crippen LogP contribution is -2.46. The summed E-state index contributed by atoms with van der Waals surface area (Å²) in [5.74, 6) is 0.792. The Morgan fingerprint density at radius 2 is 1.96 bits per heavy atom. The summed E-state index contributed by atoms with van der Waals surface area (Å²) in [7, 11) is 0. The molecule has 6 heteroatoms. The van der Waals surface area contributed by atoms with Crippen molar-refractivity contribution in [2.45, 2.75) is 39.2 Å². The largest absolute Gasteiger partial charge is 0.491 e. The number of carbonyl (C=O) groups excluding carboxylic acids is 1. The topological polar surface area (TPSA) is 73.6 Å². The van der Waals surface area contributed by atoms with Crippen molar-refractivity contribution in [3.8, 4) is 5.75 Å². The van der Waals surface area contributed by atoms with Crippen LogP contribution in [0.2, 0.25) is 0 Å². The van der Waals surface area contributed by atoms with Crippen molar-refractivity contribution in [2.75, 3.05) is 25.1 Å². The van der Waals surface area contributed by atoms with Crippen LogP contribution in [0.3, 0.4) is 0 Å².